The monoisotopic (exact) mass is 450 g/mol. The van der Waals surface area contributed by atoms with Crippen LogP contribution in [0.4, 0.5) is 0 Å². The highest BCUT2D eigenvalue weighted by atomic mass is 32.1. The minimum absolute atomic E-state index is 0.0434. The van der Waals surface area contributed by atoms with Crippen LogP contribution in [0, 0.1) is 11.8 Å². The van der Waals surface area contributed by atoms with E-state index in [1.54, 1.807) is 7.05 Å². The van der Waals surface area contributed by atoms with E-state index < -0.39 is 11.8 Å². The molecule has 11 heteroatoms. The number of rotatable bonds is 5. The first-order valence-electron chi connectivity index (χ1n) is 10.4. The van der Waals surface area contributed by atoms with Crippen LogP contribution in [-0.2, 0) is 27.3 Å². The Labute approximate surface area is 185 Å². The molecule has 0 aromatic carbocycles. The number of amides is 2. The zero-order valence-corrected chi connectivity index (χ0v) is 18.9. The average molecular weight is 451 g/mol. The first kappa shape index (κ1) is 23.1. The quantitative estimate of drug-likeness (QED) is 0.381. The summed E-state index contributed by atoms with van der Waals surface area (Å²) in [6.45, 7) is 1.99. The first-order valence-corrected chi connectivity index (χ1v) is 11.2. The number of hydrogen-bond donors (Lipinski definition) is 2. The van der Waals surface area contributed by atoms with E-state index in [2.05, 4.69) is 37.3 Å². The second-order valence-electron chi connectivity index (χ2n) is 8.09. The number of thiazole rings is 1. The lowest BCUT2D eigenvalue weighted by Gasteiger charge is -2.36. The van der Waals surface area contributed by atoms with Crippen molar-refractivity contribution in [2.45, 2.75) is 38.3 Å². The van der Waals surface area contributed by atoms with E-state index in [1.165, 1.54) is 23.3 Å². The van der Waals surface area contributed by atoms with Crippen LogP contribution in [0.25, 0.3) is 5.73 Å². The Morgan fingerprint density at radius 1 is 1.35 bits per heavy atom. The third-order valence-corrected chi connectivity index (χ3v) is 7.09. The van der Waals surface area contributed by atoms with E-state index >= 15 is 0 Å². The lowest BCUT2D eigenvalue weighted by molar-refractivity contribution is -0.388. The predicted octanol–water partition coefficient (Wildman–Crippen LogP) is 0.435. The van der Waals surface area contributed by atoms with Gasteiger partial charge in [-0.1, -0.05) is 11.3 Å². The van der Waals surface area contributed by atoms with Gasteiger partial charge in [-0.3, -0.25) is 9.59 Å². The minimum Gasteiger partial charge on any atom is -0.476 e. The van der Waals surface area contributed by atoms with Gasteiger partial charge in [0.1, 0.15) is 0 Å². The van der Waals surface area contributed by atoms with Crippen molar-refractivity contribution in [3.8, 4) is 0 Å². The summed E-state index contributed by atoms with van der Waals surface area (Å²) in [6, 6.07) is -0.284. The van der Waals surface area contributed by atoms with Crippen molar-refractivity contribution in [2.24, 2.45) is 16.8 Å². The predicted molar refractivity (Wildman–Crippen MR) is 116 cm³/mol. The number of methoxy groups -OCH3 is 1. The Hall–Kier alpha value is -2.53. The van der Waals surface area contributed by atoms with E-state index in [0.29, 0.717) is 24.3 Å². The highest BCUT2D eigenvalue weighted by molar-refractivity contribution is 7.13. The van der Waals surface area contributed by atoms with Gasteiger partial charge in [-0.15, -0.1) is 0 Å². The summed E-state index contributed by atoms with van der Waals surface area (Å²) in [5.41, 5.74) is 8.79. The number of hydrogen-bond acceptors (Lipinski definition) is 7. The molecule has 170 valence electrons. The van der Waals surface area contributed by atoms with Crippen LogP contribution in [0.15, 0.2) is 4.99 Å². The number of nitrogens with one attached hydrogen (secondary N) is 4. The van der Waals surface area contributed by atoms with Crippen LogP contribution >= 0.6 is 11.3 Å². The van der Waals surface area contributed by atoms with Crippen molar-refractivity contribution in [3.05, 3.63) is 21.3 Å². The van der Waals surface area contributed by atoms with Crippen LogP contribution in [0.5, 0.6) is 0 Å². The van der Waals surface area contributed by atoms with Gasteiger partial charge in [-0.05, 0) is 38.8 Å². The summed E-state index contributed by atoms with van der Waals surface area (Å²) >= 11 is 1.47. The molecule has 2 heterocycles. The number of fused-ring (bicyclic) bond motifs is 1. The van der Waals surface area contributed by atoms with Gasteiger partial charge in [-0.2, -0.15) is 4.98 Å². The highest BCUT2D eigenvalue weighted by Gasteiger charge is 2.35. The third-order valence-electron chi connectivity index (χ3n) is 5.98. The van der Waals surface area contributed by atoms with Gasteiger partial charge < -0.3 is 31.0 Å². The zero-order valence-electron chi connectivity index (χ0n) is 18.1. The van der Waals surface area contributed by atoms with Crippen LogP contribution < -0.4 is 15.6 Å². The van der Waals surface area contributed by atoms with Gasteiger partial charge in [0.15, 0.2) is 5.69 Å². The number of likely N-dealkylation sites (N-methyl/N-ethyl adjacent to an activating group) is 1. The maximum absolute atomic E-state index is 13.0. The molecule has 1 aromatic heterocycles. The summed E-state index contributed by atoms with van der Waals surface area (Å²) < 4.78 is 4.53. The molecule has 3 rings (SSSR count). The number of H-pyrrole nitrogens is 1. The number of aromatic nitrogens is 1. The number of esters is 1. The van der Waals surface area contributed by atoms with E-state index in [9.17, 15) is 14.4 Å². The van der Waals surface area contributed by atoms with Crippen molar-refractivity contribution in [3.63, 3.8) is 0 Å². The molecule has 31 heavy (non-hydrogen) atoms. The van der Waals surface area contributed by atoms with Crippen LogP contribution in [0.2, 0.25) is 0 Å². The summed E-state index contributed by atoms with van der Waals surface area (Å²) in [6.07, 6.45) is 2.71. The van der Waals surface area contributed by atoms with Gasteiger partial charge >= 0.3 is 16.9 Å². The Morgan fingerprint density at radius 3 is 2.84 bits per heavy atom. The van der Waals surface area contributed by atoms with Crippen molar-refractivity contribution in [2.75, 3.05) is 34.3 Å². The summed E-state index contributed by atoms with van der Waals surface area (Å²) in [5.74, 6) is -1.74. The van der Waals surface area contributed by atoms with Crippen LogP contribution in [-0.4, -0.2) is 68.9 Å². The normalized spacial score (nSPS) is 24.2. The van der Waals surface area contributed by atoms with Crippen LogP contribution in [0.3, 0.4) is 0 Å². The number of carbonyl (C=O) groups excluding carboxylic acids is 3. The van der Waals surface area contributed by atoms with E-state index in [0.717, 1.165) is 25.2 Å². The van der Waals surface area contributed by atoms with Crippen molar-refractivity contribution < 1.29 is 24.1 Å². The van der Waals surface area contributed by atoms with Crippen molar-refractivity contribution >= 4 is 35.0 Å². The number of carbonyl (C=O) groups is 3. The van der Waals surface area contributed by atoms with E-state index in [4.69, 9.17) is 5.73 Å². The molecule has 0 unspecified atom stereocenters. The topological polar surface area (TPSA) is 138 Å². The Bertz CT molecular complexity index is 870. The molecule has 4 N–H and O–H groups in total. The van der Waals surface area contributed by atoms with Gasteiger partial charge in [0.05, 0.1) is 12.0 Å². The van der Waals surface area contributed by atoms with Gasteiger partial charge in [0.25, 0.3) is 0 Å². The lowest BCUT2D eigenvalue weighted by atomic mass is 9.77. The smallest absolute Gasteiger partial charge is 0.328 e. The number of ether oxygens (including phenoxy) is 1. The molecule has 3 atom stereocenters. The molecule has 1 aromatic rings. The molecule has 0 saturated heterocycles. The summed E-state index contributed by atoms with van der Waals surface area (Å²) in [7, 11) is 4.87. The second kappa shape index (κ2) is 10.2. The molecule has 1 aliphatic heterocycles. The summed E-state index contributed by atoms with van der Waals surface area (Å²) in [5, 5.41) is 6.32. The standard InChI is InChI=1S/C20H30N6O4S/c1-22-17(27)11-4-5-12(9-23-16(21)20(29)30-3)14(8-11)24-18(28)19-25-13-6-7-26(2)10-15(13)31-19/h11-12,14H,4-10H2,1-3H3,(H4,21,22,23,24,27,28)/t11-,12+,14+/m0/s1. The number of aromatic amines is 1. The molecule has 1 saturated carbocycles. The minimum atomic E-state index is -0.789. The molecule has 0 bridgehead atoms. The van der Waals surface area contributed by atoms with Crippen molar-refractivity contribution in [1.29, 1.82) is 0 Å². The fourth-order valence-corrected chi connectivity index (χ4v) is 5.28. The Morgan fingerprint density at radius 2 is 2.13 bits per heavy atom. The molecule has 10 nitrogen and oxygen atoms in total. The number of nitrogens with zero attached hydrogens (tertiary/aromatic N) is 2. The Kier molecular flexibility index (Phi) is 7.60. The fourth-order valence-electron chi connectivity index (χ4n) is 4.15. The average Bonchev–Trinajstić information content (AvgIpc) is 3.20. The molecule has 0 radical (unpaired) electrons. The van der Waals surface area contributed by atoms with E-state index in [-0.39, 0.29) is 36.2 Å². The molecule has 1 aliphatic carbocycles. The molecule has 2 amide bonds. The molecule has 0 spiro atoms. The van der Waals surface area contributed by atoms with Gasteiger partial charge in [0.2, 0.25) is 5.91 Å². The summed E-state index contributed by atoms with van der Waals surface area (Å²) in [4.78, 5) is 47.3. The molecule has 2 aliphatic rings. The van der Waals surface area contributed by atoms with Crippen molar-refractivity contribution in [1.82, 2.24) is 15.5 Å². The third kappa shape index (κ3) is 5.59. The van der Waals surface area contributed by atoms with Crippen LogP contribution in [0.1, 0.15) is 39.6 Å². The van der Waals surface area contributed by atoms with Gasteiger partial charge in [-0.25, -0.2) is 4.79 Å². The molecule has 1 fully saturated rings. The first-order chi connectivity index (χ1) is 14.8. The second-order valence-corrected chi connectivity index (χ2v) is 9.20. The molecular formula is C20H30N6O4S. The maximum Gasteiger partial charge on any atom is 0.328 e. The van der Waals surface area contributed by atoms with E-state index in [1.807, 2.05) is 0 Å². The zero-order chi connectivity index (χ0) is 22.5. The lowest BCUT2D eigenvalue weighted by Crippen LogP contribution is -2.48. The number of amidine groups is 1. The maximum atomic E-state index is 13.0. The highest BCUT2D eigenvalue weighted by Crippen LogP contribution is 2.30. The van der Waals surface area contributed by atoms with Gasteiger partial charge in [0, 0.05) is 44.4 Å². The largest absolute Gasteiger partial charge is 0.476 e. The fraction of sp³-hybridized carbons (Fsp3) is 0.650. The Balaban J connectivity index is 1.73. The molecular weight excluding hydrogens is 420 g/mol. The number of aliphatic imine (C=N–C) groups is 1. The SMILES string of the molecule is CNC(=O)[C@H]1CC[C@H](CN=C([NH-])C(=O)OC)[C@H](NC(=O)c2[nH+]c3c(s2)CN(C)CC3)C1.